The van der Waals surface area contributed by atoms with Gasteiger partial charge in [0.15, 0.2) is 0 Å². The second kappa shape index (κ2) is 10.6. The Hall–Kier alpha value is -4.25. The zero-order valence-corrected chi connectivity index (χ0v) is 20.2. The van der Waals surface area contributed by atoms with E-state index in [9.17, 15) is 9.18 Å². The Morgan fingerprint density at radius 2 is 1.72 bits per heavy atom. The Labute approximate surface area is 210 Å². The molecule has 0 spiro atoms. The van der Waals surface area contributed by atoms with Gasteiger partial charge in [-0.3, -0.25) is 9.78 Å². The number of nitrogens with zero attached hydrogens (tertiary/aromatic N) is 2. The fourth-order valence-corrected chi connectivity index (χ4v) is 4.64. The van der Waals surface area contributed by atoms with E-state index in [1.54, 1.807) is 24.5 Å². The number of hydrogen-bond donors (Lipinski definition) is 1. The Kier molecular flexibility index (Phi) is 6.89. The van der Waals surface area contributed by atoms with Gasteiger partial charge >= 0.3 is 0 Å². The van der Waals surface area contributed by atoms with Gasteiger partial charge in [-0.1, -0.05) is 66.2 Å². The van der Waals surface area contributed by atoms with Gasteiger partial charge in [0.05, 0.1) is 0 Å². The van der Waals surface area contributed by atoms with Crippen LogP contribution >= 0.6 is 0 Å². The molecule has 2 heterocycles. The number of aromatic nitrogens is 2. The summed E-state index contributed by atoms with van der Waals surface area (Å²) >= 11 is 0. The van der Waals surface area contributed by atoms with Crippen LogP contribution in [0.2, 0.25) is 0 Å². The fourth-order valence-electron chi connectivity index (χ4n) is 4.64. The second-order valence-corrected chi connectivity index (χ2v) is 9.16. The molecule has 0 fully saturated rings. The molecule has 0 bridgehead atoms. The molecular formula is C31H28FN3O. The lowest BCUT2D eigenvalue weighted by Gasteiger charge is -2.17. The van der Waals surface area contributed by atoms with Crippen LogP contribution in [0.1, 0.15) is 40.2 Å². The molecule has 1 N–H and O–H groups in total. The lowest BCUT2D eigenvalue weighted by atomic mass is 9.88. The lowest BCUT2D eigenvalue weighted by Crippen LogP contribution is -2.25. The highest BCUT2D eigenvalue weighted by Gasteiger charge is 2.23. The largest absolute Gasteiger partial charge is 0.352 e. The number of benzene rings is 3. The maximum Gasteiger partial charge on any atom is 0.221 e. The Morgan fingerprint density at radius 3 is 2.47 bits per heavy atom. The molecule has 4 nitrogen and oxygen atoms in total. The summed E-state index contributed by atoms with van der Waals surface area (Å²) in [5.74, 6) is -0.576. The van der Waals surface area contributed by atoms with Crippen LogP contribution < -0.4 is 5.32 Å². The van der Waals surface area contributed by atoms with Gasteiger partial charge in [-0.15, -0.1) is 0 Å². The summed E-state index contributed by atoms with van der Waals surface area (Å²) in [5, 5.41) is 4.12. The van der Waals surface area contributed by atoms with Crippen molar-refractivity contribution in [1.82, 2.24) is 14.9 Å². The monoisotopic (exact) mass is 477 g/mol. The third-order valence-electron chi connectivity index (χ3n) is 6.54. The summed E-state index contributed by atoms with van der Waals surface area (Å²) in [5.41, 5.74) is 6.45. The molecule has 5 heteroatoms. The van der Waals surface area contributed by atoms with Crippen molar-refractivity contribution in [2.45, 2.75) is 32.4 Å². The summed E-state index contributed by atoms with van der Waals surface area (Å²) in [4.78, 5) is 17.2. The molecule has 0 aliphatic heterocycles. The van der Waals surface area contributed by atoms with Crippen LogP contribution in [0.3, 0.4) is 0 Å². The maximum atomic E-state index is 13.8. The second-order valence-electron chi connectivity index (χ2n) is 9.16. The summed E-state index contributed by atoms with van der Waals surface area (Å²) in [6, 6.07) is 27.1. The average molecular weight is 478 g/mol. The molecule has 1 atom stereocenters. The zero-order chi connectivity index (χ0) is 24.9. The number of rotatable bonds is 8. The summed E-state index contributed by atoms with van der Waals surface area (Å²) in [7, 11) is 0. The Balaban J connectivity index is 1.49. The number of hydrogen-bond acceptors (Lipinski definition) is 2. The van der Waals surface area contributed by atoms with E-state index in [1.807, 2.05) is 24.3 Å². The van der Waals surface area contributed by atoms with Crippen LogP contribution in [0.15, 0.2) is 104 Å². The molecular weight excluding hydrogens is 449 g/mol. The normalized spacial score (nSPS) is 11.9. The molecule has 1 amide bonds. The number of halogens is 1. The number of amides is 1. The minimum atomic E-state index is -0.291. The predicted molar refractivity (Wildman–Crippen MR) is 141 cm³/mol. The predicted octanol–water partition coefficient (Wildman–Crippen LogP) is 6.37. The van der Waals surface area contributed by atoms with E-state index in [1.165, 1.54) is 23.3 Å². The molecule has 1 unspecified atom stereocenters. The van der Waals surface area contributed by atoms with E-state index >= 15 is 0 Å². The quantitative estimate of drug-likeness (QED) is 0.282. The minimum absolute atomic E-state index is 0.0662. The molecule has 0 saturated carbocycles. The van der Waals surface area contributed by atoms with Crippen LogP contribution in [-0.2, 0) is 17.9 Å². The highest BCUT2D eigenvalue weighted by Crippen LogP contribution is 2.35. The summed E-state index contributed by atoms with van der Waals surface area (Å²) in [6.07, 6.45) is 5.86. The molecule has 180 valence electrons. The SMILES string of the molecule is Cc1ccc(Cn2cc(C(CC(=O)NCc3cccnc3)c3ccc(F)cc3)c3ccccc32)cc1. The van der Waals surface area contributed by atoms with Crippen molar-refractivity contribution in [3.05, 3.63) is 137 Å². The third-order valence-corrected chi connectivity index (χ3v) is 6.54. The number of nitrogens with one attached hydrogen (secondary N) is 1. The highest BCUT2D eigenvalue weighted by molar-refractivity contribution is 5.86. The van der Waals surface area contributed by atoms with Gasteiger partial charge in [0, 0.05) is 54.9 Å². The van der Waals surface area contributed by atoms with Crippen molar-refractivity contribution < 1.29 is 9.18 Å². The Bertz CT molecular complexity index is 1460. The van der Waals surface area contributed by atoms with Crippen molar-refractivity contribution in [2.24, 2.45) is 0 Å². The molecule has 0 radical (unpaired) electrons. The van der Waals surface area contributed by atoms with Crippen molar-refractivity contribution in [1.29, 1.82) is 0 Å². The number of aryl methyl sites for hydroxylation is 1. The molecule has 0 aliphatic rings. The van der Waals surface area contributed by atoms with Gasteiger partial charge < -0.3 is 9.88 Å². The third kappa shape index (κ3) is 5.36. The van der Waals surface area contributed by atoms with Gasteiger partial charge in [0.25, 0.3) is 0 Å². The molecule has 2 aromatic heterocycles. The molecule has 5 aromatic rings. The van der Waals surface area contributed by atoms with Crippen LogP contribution in [-0.4, -0.2) is 15.5 Å². The van der Waals surface area contributed by atoms with E-state index in [-0.39, 0.29) is 24.1 Å². The van der Waals surface area contributed by atoms with Gasteiger partial charge in [0.2, 0.25) is 5.91 Å². The summed E-state index contributed by atoms with van der Waals surface area (Å²) < 4.78 is 16.0. The molecule has 5 rings (SSSR count). The average Bonchev–Trinajstić information content (AvgIpc) is 3.27. The van der Waals surface area contributed by atoms with Gasteiger partial charge in [-0.25, -0.2) is 4.39 Å². The fraction of sp³-hybridized carbons (Fsp3) is 0.161. The zero-order valence-electron chi connectivity index (χ0n) is 20.2. The summed E-state index contributed by atoms with van der Waals surface area (Å²) in [6.45, 7) is 3.22. The van der Waals surface area contributed by atoms with Gasteiger partial charge in [-0.2, -0.15) is 0 Å². The smallest absolute Gasteiger partial charge is 0.221 e. The van der Waals surface area contributed by atoms with Gasteiger partial charge in [-0.05, 0) is 53.4 Å². The lowest BCUT2D eigenvalue weighted by molar-refractivity contribution is -0.121. The van der Waals surface area contributed by atoms with E-state index in [4.69, 9.17) is 0 Å². The van der Waals surface area contributed by atoms with E-state index in [0.29, 0.717) is 6.54 Å². The first kappa shape index (κ1) is 23.5. The topological polar surface area (TPSA) is 46.9 Å². The number of carbonyl (C=O) groups is 1. The first-order valence-corrected chi connectivity index (χ1v) is 12.1. The van der Waals surface area contributed by atoms with E-state index < -0.39 is 0 Å². The molecule has 3 aromatic carbocycles. The van der Waals surface area contributed by atoms with Crippen molar-refractivity contribution in [3.8, 4) is 0 Å². The molecule has 36 heavy (non-hydrogen) atoms. The van der Waals surface area contributed by atoms with Crippen molar-refractivity contribution >= 4 is 16.8 Å². The Morgan fingerprint density at radius 1 is 0.944 bits per heavy atom. The van der Waals surface area contributed by atoms with E-state index in [2.05, 4.69) is 64.4 Å². The van der Waals surface area contributed by atoms with Crippen LogP contribution in [0.25, 0.3) is 10.9 Å². The molecule has 0 aliphatic carbocycles. The minimum Gasteiger partial charge on any atom is -0.352 e. The van der Waals surface area contributed by atoms with Crippen LogP contribution in [0.4, 0.5) is 4.39 Å². The van der Waals surface area contributed by atoms with Crippen LogP contribution in [0.5, 0.6) is 0 Å². The van der Waals surface area contributed by atoms with E-state index in [0.717, 1.165) is 34.1 Å². The number of pyridine rings is 1. The van der Waals surface area contributed by atoms with Gasteiger partial charge in [0.1, 0.15) is 5.82 Å². The highest BCUT2D eigenvalue weighted by atomic mass is 19.1. The number of fused-ring (bicyclic) bond motifs is 1. The number of para-hydroxylation sites is 1. The maximum absolute atomic E-state index is 13.8. The number of carbonyl (C=O) groups excluding carboxylic acids is 1. The van der Waals surface area contributed by atoms with Crippen LogP contribution in [0, 0.1) is 12.7 Å². The first-order valence-electron chi connectivity index (χ1n) is 12.1. The van der Waals surface area contributed by atoms with Crippen molar-refractivity contribution in [3.63, 3.8) is 0 Å². The first-order chi connectivity index (χ1) is 17.6. The van der Waals surface area contributed by atoms with Crippen molar-refractivity contribution in [2.75, 3.05) is 0 Å². The molecule has 0 saturated heterocycles. The standard InChI is InChI=1S/C31H28FN3O/c1-22-8-10-23(11-9-22)20-35-21-29(27-6-2-3-7-30(27)35)28(25-12-14-26(32)15-13-25)17-31(36)34-19-24-5-4-16-33-18-24/h2-16,18,21,28H,17,19-20H2,1H3,(H,34,36).